The molecule has 3 rings (SSSR count). The number of nitro benzene ring substituents is 1. The van der Waals surface area contributed by atoms with Crippen molar-refractivity contribution >= 4 is 23.0 Å². The number of amides is 1. The van der Waals surface area contributed by atoms with E-state index in [9.17, 15) is 14.9 Å². The normalized spacial score (nSPS) is 15.3. The smallest absolute Gasteiger partial charge is 0.271 e. The first-order chi connectivity index (χ1) is 14.0. The number of hydrogen-bond donors (Lipinski definition) is 3. The topological polar surface area (TPSA) is 108 Å². The van der Waals surface area contributed by atoms with E-state index in [2.05, 4.69) is 22.8 Å². The fraction of sp³-hybridized carbons (Fsp3) is 0.381. The first kappa shape index (κ1) is 20.6. The Morgan fingerprint density at radius 1 is 1.24 bits per heavy atom. The summed E-state index contributed by atoms with van der Waals surface area (Å²) >= 11 is 0. The highest BCUT2D eigenvalue weighted by molar-refractivity contribution is 5.83. The van der Waals surface area contributed by atoms with Crippen LogP contribution in [0.2, 0.25) is 0 Å². The number of aliphatic hydroxyl groups excluding tert-OH is 1. The van der Waals surface area contributed by atoms with Gasteiger partial charge in [0.2, 0.25) is 5.91 Å². The third-order valence-electron chi connectivity index (χ3n) is 5.27. The number of likely N-dealkylation sites (N-methyl/N-ethyl adjacent to an activating group) is 1. The Morgan fingerprint density at radius 3 is 2.79 bits per heavy atom. The maximum atomic E-state index is 12.8. The molecule has 3 N–H and O–H groups in total. The minimum absolute atomic E-state index is 0.0180. The van der Waals surface area contributed by atoms with Crippen LogP contribution >= 0.6 is 0 Å². The van der Waals surface area contributed by atoms with Crippen LogP contribution < -0.4 is 10.6 Å². The molecule has 0 spiro atoms. The number of non-ortho nitro benzene ring substituents is 1. The van der Waals surface area contributed by atoms with E-state index < -0.39 is 4.92 Å². The van der Waals surface area contributed by atoms with Gasteiger partial charge >= 0.3 is 0 Å². The average molecular weight is 398 g/mol. The van der Waals surface area contributed by atoms with E-state index in [0.717, 1.165) is 19.3 Å². The summed E-state index contributed by atoms with van der Waals surface area (Å²) in [6, 6.07) is 12.6. The minimum Gasteiger partial charge on any atom is -0.395 e. The van der Waals surface area contributed by atoms with Gasteiger partial charge in [0.15, 0.2) is 0 Å². The molecule has 0 saturated heterocycles. The van der Waals surface area contributed by atoms with Crippen molar-refractivity contribution in [2.75, 3.05) is 37.4 Å². The van der Waals surface area contributed by atoms with Gasteiger partial charge in [-0.1, -0.05) is 24.3 Å². The molecule has 0 radical (unpaired) electrons. The van der Waals surface area contributed by atoms with Crippen LogP contribution in [0, 0.1) is 10.1 Å². The van der Waals surface area contributed by atoms with Crippen molar-refractivity contribution in [3.8, 4) is 0 Å². The summed E-state index contributed by atoms with van der Waals surface area (Å²) < 4.78 is 0. The van der Waals surface area contributed by atoms with E-state index in [4.69, 9.17) is 5.11 Å². The van der Waals surface area contributed by atoms with E-state index >= 15 is 0 Å². The molecule has 0 bridgehead atoms. The van der Waals surface area contributed by atoms with Gasteiger partial charge in [-0.2, -0.15) is 0 Å². The molecule has 8 heteroatoms. The van der Waals surface area contributed by atoms with Crippen molar-refractivity contribution in [2.45, 2.75) is 25.3 Å². The Hall–Kier alpha value is -3.13. The number of rotatable bonds is 8. The molecule has 29 heavy (non-hydrogen) atoms. The summed E-state index contributed by atoms with van der Waals surface area (Å²) in [6.45, 7) is 0.253. The highest BCUT2D eigenvalue weighted by Gasteiger charge is 2.26. The number of carbonyl (C=O) groups excluding carboxylic acids is 1. The van der Waals surface area contributed by atoms with Crippen molar-refractivity contribution in [1.82, 2.24) is 4.90 Å². The predicted octanol–water partition coefficient (Wildman–Crippen LogP) is 2.95. The van der Waals surface area contributed by atoms with E-state index in [-0.39, 0.29) is 30.8 Å². The summed E-state index contributed by atoms with van der Waals surface area (Å²) in [7, 11) is 1.80. The van der Waals surface area contributed by atoms with Gasteiger partial charge in [-0.3, -0.25) is 14.9 Å². The Labute approximate surface area is 169 Å². The average Bonchev–Trinajstić information content (AvgIpc) is 2.75. The van der Waals surface area contributed by atoms with Gasteiger partial charge in [-0.25, -0.2) is 0 Å². The number of fused-ring (bicyclic) bond motifs is 1. The third-order valence-corrected chi connectivity index (χ3v) is 5.27. The summed E-state index contributed by atoms with van der Waals surface area (Å²) in [6.07, 6.45) is 2.98. The molecule has 1 unspecified atom stereocenters. The SMILES string of the molecule is CN(C(=O)CNc1cc([N+](=O)[O-])ccc1NCCO)C1CCCc2ccccc21. The largest absolute Gasteiger partial charge is 0.395 e. The maximum Gasteiger partial charge on any atom is 0.271 e. The van der Waals surface area contributed by atoms with Crippen molar-refractivity contribution in [2.24, 2.45) is 0 Å². The molecule has 8 nitrogen and oxygen atoms in total. The van der Waals surface area contributed by atoms with Gasteiger partial charge in [0, 0.05) is 25.7 Å². The van der Waals surface area contributed by atoms with Crippen LogP contribution in [0.5, 0.6) is 0 Å². The zero-order valence-electron chi connectivity index (χ0n) is 16.4. The van der Waals surface area contributed by atoms with Crippen molar-refractivity contribution < 1.29 is 14.8 Å². The van der Waals surface area contributed by atoms with Crippen molar-refractivity contribution in [1.29, 1.82) is 0 Å². The highest BCUT2D eigenvalue weighted by Crippen LogP contribution is 2.33. The quantitative estimate of drug-likeness (QED) is 0.466. The van der Waals surface area contributed by atoms with E-state index in [1.54, 1.807) is 18.0 Å². The summed E-state index contributed by atoms with van der Waals surface area (Å²) in [5.41, 5.74) is 3.46. The number of carbonyl (C=O) groups is 1. The van der Waals surface area contributed by atoms with Crippen LogP contribution in [0.3, 0.4) is 0 Å². The van der Waals surface area contributed by atoms with Crippen LogP contribution in [0.1, 0.15) is 30.0 Å². The second-order valence-corrected chi connectivity index (χ2v) is 7.10. The van der Waals surface area contributed by atoms with Gasteiger partial charge in [-0.05, 0) is 36.5 Å². The number of benzene rings is 2. The van der Waals surface area contributed by atoms with Crippen LogP contribution in [0.4, 0.5) is 17.1 Å². The van der Waals surface area contributed by atoms with Crippen LogP contribution in [-0.2, 0) is 11.2 Å². The number of nitrogens with one attached hydrogen (secondary N) is 2. The van der Waals surface area contributed by atoms with E-state index in [0.29, 0.717) is 17.9 Å². The first-order valence-corrected chi connectivity index (χ1v) is 9.71. The molecule has 1 amide bonds. The van der Waals surface area contributed by atoms with Crippen LogP contribution in [-0.4, -0.2) is 47.6 Å². The van der Waals surface area contributed by atoms with Crippen molar-refractivity contribution in [3.63, 3.8) is 0 Å². The molecule has 0 aliphatic heterocycles. The van der Waals surface area contributed by atoms with Gasteiger partial charge in [0.25, 0.3) is 5.69 Å². The first-order valence-electron chi connectivity index (χ1n) is 9.71. The number of aliphatic hydroxyl groups is 1. The predicted molar refractivity (Wildman–Crippen MR) is 112 cm³/mol. The highest BCUT2D eigenvalue weighted by atomic mass is 16.6. The second-order valence-electron chi connectivity index (χ2n) is 7.10. The molecule has 2 aromatic carbocycles. The maximum absolute atomic E-state index is 12.8. The van der Waals surface area contributed by atoms with Gasteiger partial charge < -0.3 is 20.6 Å². The van der Waals surface area contributed by atoms with Crippen molar-refractivity contribution in [3.05, 3.63) is 63.7 Å². The molecule has 1 atom stereocenters. The molecule has 154 valence electrons. The summed E-state index contributed by atoms with van der Waals surface area (Å²) in [5.74, 6) is -0.0914. The number of nitro groups is 1. The lowest BCUT2D eigenvalue weighted by Crippen LogP contribution is -2.37. The molecular weight excluding hydrogens is 372 g/mol. The van der Waals surface area contributed by atoms with Gasteiger partial charge in [-0.15, -0.1) is 0 Å². The fourth-order valence-corrected chi connectivity index (χ4v) is 3.74. The Balaban J connectivity index is 1.71. The molecule has 1 aliphatic rings. The molecule has 0 saturated carbocycles. The molecule has 0 aromatic heterocycles. The molecule has 0 heterocycles. The lowest BCUT2D eigenvalue weighted by molar-refractivity contribution is -0.384. The molecule has 0 fully saturated rings. The van der Waals surface area contributed by atoms with Gasteiger partial charge in [0.1, 0.15) is 0 Å². The minimum atomic E-state index is -0.478. The zero-order valence-corrected chi connectivity index (χ0v) is 16.4. The van der Waals surface area contributed by atoms with E-state index in [1.807, 2.05) is 12.1 Å². The molecule has 1 aliphatic carbocycles. The van der Waals surface area contributed by atoms with Crippen LogP contribution in [0.25, 0.3) is 0 Å². The number of hydrogen-bond acceptors (Lipinski definition) is 6. The Morgan fingerprint density at radius 2 is 2.03 bits per heavy atom. The lowest BCUT2D eigenvalue weighted by Gasteiger charge is -2.33. The fourth-order valence-electron chi connectivity index (χ4n) is 3.74. The summed E-state index contributed by atoms with van der Waals surface area (Å²) in [4.78, 5) is 25.2. The summed E-state index contributed by atoms with van der Waals surface area (Å²) in [5, 5.41) is 26.1. The van der Waals surface area contributed by atoms with Gasteiger partial charge in [0.05, 0.1) is 35.5 Å². The Kier molecular flexibility index (Phi) is 6.66. The zero-order chi connectivity index (χ0) is 20.8. The monoisotopic (exact) mass is 398 g/mol. The number of aryl methyl sites for hydroxylation is 1. The second kappa shape index (κ2) is 9.38. The molecular formula is C21H26N4O4. The number of anilines is 2. The lowest BCUT2D eigenvalue weighted by atomic mass is 9.87. The standard InChI is InChI=1S/C21H26N4O4/c1-24(20-8-4-6-15-5-2-3-7-17(15)20)21(27)14-23-19-13-16(25(28)29)9-10-18(19)22-11-12-26/h2-3,5,7,9-10,13,20,22-23,26H,4,6,8,11-12,14H2,1H3. The third kappa shape index (κ3) is 4.83. The molecule has 2 aromatic rings. The number of nitrogens with zero attached hydrogens (tertiary/aromatic N) is 2. The van der Waals surface area contributed by atoms with E-state index in [1.165, 1.54) is 23.3 Å². The Bertz CT molecular complexity index is 887. The van der Waals surface area contributed by atoms with Crippen LogP contribution in [0.15, 0.2) is 42.5 Å².